The van der Waals surface area contributed by atoms with Crippen molar-refractivity contribution in [3.05, 3.63) is 0 Å². The first-order valence-corrected chi connectivity index (χ1v) is 8.93. The molecule has 2 aliphatic heterocycles. The van der Waals surface area contributed by atoms with E-state index in [2.05, 4.69) is 13.8 Å². The van der Waals surface area contributed by atoms with Crippen molar-refractivity contribution in [2.24, 2.45) is 11.8 Å². The molecule has 6 heteroatoms. The number of ether oxygens (including phenoxy) is 1. The molecular formula is C14H28N2O3S. The van der Waals surface area contributed by atoms with Gasteiger partial charge in [-0.1, -0.05) is 13.8 Å². The lowest BCUT2D eigenvalue weighted by Gasteiger charge is -2.44. The third-order valence-electron chi connectivity index (χ3n) is 4.03. The van der Waals surface area contributed by atoms with Crippen molar-refractivity contribution in [3.8, 4) is 0 Å². The molecule has 2 fully saturated rings. The van der Waals surface area contributed by atoms with Crippen molar-refractivity contribution >= 4 is 10.2 Å². The Balaban J connectivity index is 2.17. The van der Waals surface area contributed by atoms with Crippen LogP contribution in [0.25, 0.3) is 0 Å². The van der Waals surface area contributed by atoms with Gasteiger partial charge in [0, 0.05) is 26.2 Å². The second kappa shape index (κ2) is 5.55. The predicted molar refractivity (Wildman–Crippen MR) is 79.6 cm³/mol. The van der Waals surface area contributed by atoms with Gasteiger partial charge in [0.15, 0.2) is 0 Å². The van der Waals surface area contributed by atoms with Gasteiger partial charge in [0.25, 0.3) is 10.2 Å². The number of nitrogens with zero attached hydrogens (tertiary/aromatic N) is 2. The minimum atomic E-state index is -3.37. The van der Waals surface area contributed by atoms with Crippen LogP contribution in [0, 0.1) is 11.8 Å². The van der Waals surface area contributed by atoms with Crippen LogP contribution in [0.4, 0.5) is 0 Å². The van der Waals surface area contributed by atoms with Gasteiger partial charge < -0.3 is 4.74 Å². The quantitative estimate of drug-likeness (QED) is 0.780. The van der Waals surface area contributed by atoms with Crippen LogP contribution in [0.15, 0.2) is 0 Å². The van der Waals surface area contributed by atoms with Crippen LogP contribution in [0.3, 0.4) is 0 Å². The second-order valence-electron chi connectivity index (χ2n) is 7.25. The Morgan fingerprint density at radius 3 is 2.05 bits per heavy atom. The lowest BCUT2D eigenvalue weighted by atomic mass is 9.94. The summed E-state index contributed by atoms with van der Waals surface area (Å²) in [5, 5.41) is 0. The molecule has 0 unspecified atom stereocenters. The van der Waals surface area contributed by atoms with Crippen molar-refractivity contribution in [3.63, 3.8) is 0 Å². The monoisotopic (exact) mass is 304 g/mol. The largest absolute Gasteiger partial charge is 0.370 e. The van der Waals surface area contributed by atoms with Gasteiger partial charge in [-0.05, 0) is 39.0 Å². The molecule has 0 amide bonds. The summed E-state index contributed by atoms with van der Waals surface area (Å²) in [6.07, 6.45) is 1.05. The molecule has 0 bridgehead atoms. The molecule has 0 spiro atoms. The van der Waals surface area contributed by atoms with E-state index in [0.29, 0.717) is 38.0 Å². The first kappa shape index (κ1) is 16.2. The van der Waals surface area contributed by atoms with Gasteiger partial charge in [0.05, 0.1) is 11.7 Å². The number of hydrogen-bond acceptors (Lipinski definition) is 3. The van der Waals surface area contributed by atoms with E-state index in [-0.39, 0.29) is 6.10 Å². The van der Waals surface area contributed by atoms with E-state index in [1.165, 1.54) is 0 Å². The lowest BCUT2D eigenvalue weighted by Crippen LogP contribution is -2.58. The van der Waals surface area contributed by atoms with Crippen LogP contribution >= 0.6 is 0 Å². The van der Waals surface area contributed by atoms with Crippen molar-refractivity contribution in [2.45, 2.75) is 52.7 Å². The molecule has 0 aliphatic carbocycles. The smallest absolute Gasteiger partial charge is 0.282 e. The fourth-order valence-corrected chi connectivity index (χ4v) is 5.61. The predicted octanol–water partition coefficient (Wildman–Crippen LogP) is 1.71. The molecule has 0 aromatic rings. The number of hydrogen-bond donors (Lipinski definition) is 0. The molecule has 3 atom stereocenters. The zero-order valence-corrected chi connectivity index (χ0v) is 14.1. The van der Waals surface area contributed by atoms with Crippen molar-refractivity contribution < 1.29 is 13.2 Å². The van der Waals surface area contributed by atoms with E-state index in [1.807, 2.05) is 20.8 Å². The first-order valence-electron chi connectivity index (χ1n) is 7.53. The Labute approximate surface area is 123 Å². The zero-order chi connectivity index (χ0) is 15.1. The topological polar surface area (TPSA) is 49.9 Å². The van der Waals surface area contributed by atoms with Gasteiger partial charge in [0.2, 0.25) is 0 Å². The fraction of sp³-hybridized carbons (Fsp3) is 1.00. The minimum absolute atomic E-state index is 0.0619. The molecule has 2 saturated heterocycles. The van der Waals surface area contributed by atoms with Crippen molar-refractivity contribution in [2.75, 3.05) is 26.2 Å². The Bertz CT molecular complexity index is 439. The average Bonchev–Trinajstić information content (AvgIpc) is 2.24. The molecule has 0 saturated carbocycles. The fourth-order valence-electron chi connectivity index (χ4n) is 3.53. The Morgan fingerprint density at radius 1 is 1.00 bits per heavy atom. The third-order valence-corrected chi connectivity index (χ3v) is 5.91. The lowest BCUT2D eigenvalue weighted by molar-refractivity contribution is -0.110. The summed E-state index contributed by atoms with van der Waals surface area (Å²) in [5.74, 6) is 0.861. The van der Waals surface area contributed by atoms with Crippen LogP contribution in [0.1, 0.15) is 41.0 Å². The van der Waals surface area contributed by atoms with Crippen LogP contribution in [-0.2, 0) is 14.9 Å². The van der Waals surface area contributed by atoms with Crippen molar-refractivity contribution in [1.29, 1.82) is 0 Å². The molecule has 2 aliphatic rings. The maximum Gasteiger partial charge on any atom is 0.282 e. The van der Waals surface area contributed by atoms with E-state index in [1.54, 1.807) is 8.61 Å². The summed E-state index contributed by atoms with van der Waals surface area (Å²) < 4.78 is 34.8. The Morgan fingerprint density at radius 2 is 1.55 bits per heavy atom. The maximum atomic E-state index is 12.9. The summed E-state index contributed by atoms with van der Waals surface area (Å²) in [5.41, 5.74) is -0.419. The maximum absolute atomic E-state index is 12.9. The SMILES string of the molecule is C[C@@H]1C[C@@H](C)CN(S(=O)(=O)N2C[C@H](C)OC(C)(C)C2)C1. The number of rotatable bonds is 2. The first-order chi connectivity index (χ1) is 9.10. The van der Waals surface area contributed by atoms with Crippen molar-refractivity contribution in [1.82, 2.24) is 8.61 Å². The Kier molecular flexibility index (Phi) is 4.50. The van der Waals surface area contributed by atoms with Gasteiger partial charge >= 0.3 is 0 Å². The summed E-state index contributed by atoms with van der Waals surface area (Å²) in [4.78, 5) is 0. The molecular weight excluding hydrogens is 276 g/mol. The normalized spacial score (nSPS) is 37.0. The average molecular weight is 304 g/mol. The number of morpholine rings is 1. The molecule has 2 rings (SSSR count). The van der Waals surface area contributed by atoms with E-state index in [4.69, 9.17) is 4.74 Å². The highest BCUT2D eigenvalue weighted by molar-refractivity contribution is 7.86. The van der Waals surface area contributed by atoms with Gasteiger partial charge in [-0.15, -0.1) is 0 Å². The van der Waals surface area contributed by atoms with E-state index < -0.39 is 15.8 Å². The highest BCUT2D eigenvalue weighted by Gasteiger charge is 2.41. The standard InChI is InChI=1S/C14H28N2O3S/c1-11-6-12(2)8-15(7-11)20(17,18)16-9-13(3)19-14(4,5)10-16/h11-13H,6-10H2,1-5H3/t11-,12-,13+/m1/s1. The summed E-state index contributed by atoms with van der Waals surface area (Å²) in [6.45, 7) is 12.2. The molecule has 20 heavy (non-hydrogen) atoms. The van der Waals surface area contributed by atoms with Crippen LogP contribution in [-0.4, -0.2) is 54.9 Å². The van der Waals surface area contributed by atoms with E-state index in [9.17, 15) is 8.42 Å². The third kappa shape index (κ3) is 3.53. The molecule has 118 valence electrons. The summed E-state index contributed by atoms with van der Waals surface area (Å²) in [7, 11) is -3.37. The van der Waals surface area contributed by atoms with Crippen LogP contribution < -0.4 is 0 Å². The molecule has 0 N–H and O–H groups in total. The van der Waals surface area contributed by atoms with Gasteiger partial charge in [0.1, 0.15) is 0 Å². The van der Waals surface area contributed by atoms with Gasteiger partial charge in [-0.2, -0.15) is 17.0 Å². The summed E-state index contributed by atoms with van der Waals surface area (Å²) in [6, 6.07) is 0. The van der Waals surface area contributed by atoms with Crippen LogP contribution in [0.5, 0.6) is 0 Å². The highest BCUT2D eigenvalue weighted by Crippen LogP contribution is 2.28. The van der Waals surface area contributed by atoms with Gasteiger partial charge in [-0.3, -0.25) is 0 Å². The number of piperidine rings is 1. The van der Waals surface area contributed by atoms with E-state index >= 15 is 0 Å². The Hall–Kier alpha value is -0.170. The molecule has 2 heterocycles. The zero-order valence-electron chi connectivity index (χ0n) is 13.3. The second-order valence-corrected chi connectivity index (χ2v) is 9.18. The van der Waals surface area contributed by atoms with Crippen LogP contribution in [0.2, 0.25) is 0 Å². The molecule has 0 aromatic carbocycles. The minimum Gasteiger partial charge on any atom is -0.370 e. The van der Waals surface area contributed by atoms with E-state index in [0.717, 1.165) is 6.42 Å². The molecule has 5 nitrogen and oxygen atoms in total. The molecule has 0 aromatic heterocycles. The van der Waals surface area contributed by atoms with Gasteiger partial charge in [-0.25, -0.2) is 0 Å². The molecule has 0 radical (unpaired) electrons. The summed E-state index contributed by atoms with van der Waals surface area (Å²) >= 11 is 0. The highest BCUT2D eigenvalue weighted by atomic mass is 32.2.